The van der Waals surface area contributed by atoms with Gasteiger partial charge in [-0.3, -0.25) is 4.79 Å². The van der Waals surface area contributed by atoms with Gasteiger partial charge in [0.1, 0.15) is 12.1 Å². The summed E-state index contributed by atoms with van der Waals surface area (Å²) in [6.45, 7) is 0.502. The van der Waals surface area contributed by atoms with Crippen molar-refractivity contribution in [2.75, 3.05) is 12.9 Å². The number of carbonyl (C=O) groups excluding carboxylic acids is 1. The summed E-state index contributed by atoms with van der Waals surface area (Å²) in [6, 6.07) is 7.59. The van der Waals surface area contributed by atoms with Gasteiger partial charge in [-0.25, -0.2) is 0 Å². The van der Waals surface area contributed by atoms with Crippen molar-refractivity contribution in [3.05, 3.63) is 36.2 Å². The second-order valence-corrected chi connectivity index (χ2v) is 5.08. The summed E-state index contributed by atoms with van der Waals surface area (Å²) in [6.07, 6.45) is 1.61. The summed E-state index contributed by atoms with van der Waals surface area (Å²) in [5.74, 6) is 1.09. The molecule has 0 aliphatic carbocycles. The van der Waals surface area contributed by atoms with Crippen LogP contribution in [0.15, 0.2) is 35.7 Å². The van der Waals surface area contributed by atoms with E-state index in [1.807, 2.05) is 31.3 Å². The van der Waals surface area contributed by atoms with E-state index in [0.717, 1.165) is 16.5 Å². The lowest BCUT2D eigenvalue weighted by atomic mass is 10.2. The monoisotopic (exact) mass is 292 g/mol. The van der Waals surface area contributed by atoms with E-state index in [9.17, 15) is 4.79 Å². The van der Waals surface area contributed by atoms with E-state index in [1.165, 1.54) is 11.8 Å². The molecular weight excluding hydrogens is 276 g/mol. The number of hydrogen-bond acceptors (Lipinski definition) is 5. The molecule has 1 aromatic heterocycles. The van der Waals surface area contributed by atoms with Crippen LogP contribution in [-0.2, 0) is 18.4 Å². The summed E-state index contributed by atoms with van der Waals surface area (Å²) in [4.78, 5) is 11.7. The lowest BCUT2D eigenvalue weighted by molar-refractivity contribution is -0.118. The smallest absolute Gasteiger partial charge is 0.230 e. The highest BCUT2D eigenvalue weighted by Crippen LogP contribution is 2.13. The number of nitrogens with zero attached hydrogens (tertiary/aromatic N) is 3. The molecule has 0 spiro atoms. The number of carbonyl (C=O) groups is 1. The molecule has 1 amide bonds. The number of rotatable bonds is 6. The molecule has 1 heterocycles. The Bertz CT molecular complexity index is 568. The van der Waals surface area contributed by atoms with Gasteiger partial charge in [-0.2, -0.15) is 0 Å². The Balaban J connectivity index is 1.75. The van der Waals surface area contributed by atoms with E-state index in [2.05, 4.69) is 15.5 Å². The van der Waals surface area contributed by atoms with Gasteiger partial charge in [0.15, 0.2) is 5.16 Å². The molecule has 0 aliphatic rings. The number of amides is 1. The first-order chi connectivity index (χ1) is 9.69. The minimum absolute atomic E-state index is 0.0335. The zero-order valence-electron chi connectivity index (χ0n) is 11.4. The standard InChI is InChI=1S/C13H16N4O2S/c1-17-9-15-16-13(17)20-8-12(18)14-7-10-3-5-11(19-2)6-4-10/h3-6,9H,7-8H2,1-2H3,(H,14,18). The number of hydrogen-bond donors (Lipinski definition) is 1. The first-order valence-electron chi connectivity index (χ1n) is 6.05. The van der Waals surface area contributed by atoms with Gasteiger partial charge < -0.3 is 14.6 Å². The summed E-state index contributed by atoms with van der Waals surface area (Å²) in [7, 11) is 3.47. The molecule has 20 heavy (non-hydrogen) atoms. The normalized spacial score (nSPS) is 10.3. The molecule has 0 radical (unpaired) electrons. The Morgan fingerprint density at radius 2 is 2.15 bits per heavy atom. The maximum Gasteiger partial charge on any atom is 0.230 e. The van der Waals surface area contributed by atoms with Crippen molar-refractivity contribution >= 4 is 17.7 Å². The van der Waals surface area contributed by atoms with Gasteiger partial charge in [-0.15, -0.1) is 10.2 Å². The number of aryl methyl sites for hydroxylation is 1. The van der Waals surface area contributed by atoms with Crippen LogP contribution >= 0.6 is 11.8 Å². The fraction of sp³-hybridized carbons (Fsp3) is 0.308. The molecule has 0 unspecified atom stereocenters. The average molecular weight is 292 g/mol. The summed E-state index contributed by atoms with van der Waals surface area (Å²) in [5.41, 5.74) is 1.03. The van der Waals surface area contributed by atoms with Crippen molar-refractivity contribution in [2.24, 2.45) is 7.05 Å². The second kappa shape index (κ2) is 6.95. The van der Waals surface area contributed by atoms with E-state index in [-0.39, 0.29) is 5.91 Å². The maximum absolute atomic E-state index is 11.7. The van der Waals surface area contributed by atoms with Crippen molar-refractivity contribution in [1.29, 1.82) is 0 Å². The summed E-state index contributed by atoms with van der Waals surface area (Å²) < 4.78 is 6.86. The molecule has 1 N–H and O–H groups in total. The van der Waals surface area contributed by atoms with Crippen molar-refractivity contribution in [3.63, 3.8) is 0 Å². The van der Waals surface area contributed by atoms with Crippen molar-refractivity contribution < 1.29 is 9.53 Å². The van der Waals surface area contributed by atoms with Crippen LogP contribution in [0.5, 0.6) is 5.75 Å². The highest BCUT2D eigenvalue weighted by Gasteiger charge is 2.06. The third-order valence-corrected chi connectivity index (χ3v) is 3.69. The largest absolute Gasteiger partial charge is 0.497 e. The van der Waals surface area contributed by atoms with Gasteiger partial charge in [-0.05, 0) is 17.7 Å². The van der Waals surface area contributed by atoms with E-state index in [4.69, 9.17) is 4.74 Å². The van der Waals surface area contributed by atoms with E-state index >= 15 is 0 Å². The Labute approximate surface area is 121 Å². The van der Waals surface area contributed by atoms with E-state index in [1.54, 1.807) is 18.0 Å². The van der Waals surface area contributed by atoms with Gasteiger partial charge in [0.2, 0.25) is 5.91 Å². The molecule has 0 atom stereocenters. The van der Waals surface area contributed by atoms with Crippen molar-refractivity contribution in [1.82, 2.24) is 20.1 Å². The first kappa shape index (κ1) is 14.4. The lowest BCUT2D eigenvalue weighted by Gasteiger charge is -2.06. The van der Waals surface area contributed by atoms with E-state index in [0.29, 0.717) is 12.3 Å². The zero-order chi connectivity index (χ0) is 14.4. The third kappa shape index (κ3) is 3.99. The number of methoxy groups -OCH3 is 1. The predicted octanol–water partition coefficient (Wildman–Crippen LogP) is 1.23. The SMILES string of the molecule is COc1ccc(CNC(=O)CSc2nncn2C)cc1. The molecule has 106 valence electrons. The Morgan fingerprint density at radius 1 is 1.40 bits per heavy atom. The van der Waals surface area contributed by atoms with Crippen LogP contribution in [0.3, 0.4) is 0 Å². The lowest BCUT2D eigenvalue weighted by Crippen LogP contribution is -2.24. The topological polar surface area (TPSA) is 69.0 Å². The van der Waals surface area contributed by atoms with E-state index < -0.39 is 0 Å². The van der Waals surface area contributed by atoms with Gasteiger partial charge in [-0.1, -0.05) is 23.9 Å². The average Bonchev–Trinajstić information content (AvgIpc) is 2.89. The van der Waals surface area contributed by atoms with Crippen LogP contribution in [0.4, 0.5) is 0 Å². The number of benzene rings is 1. The molecule has 7 heteroatoms. The highest BCUT2D eigenvalue weighted by molar-refractivity contribution is 7.99. The predicted molar refractivity (Wildman–Crippen MR) is 76.6 cm³/mol. The Morgan fingerprint density at radius 3 is 2.75 bits per heavy atom. The number of thioether (sulfide) groups is 1. The second-order valence-electron chi connectivity index (χ2n) is 4.14. The molecule has 1 aromatic carbocycles. The Hall–Kier alpha value is -2.02. The van der Waals surface area contributed by atoms with Crippen molar-refractivity contribution in [2.45, 2.75) is 11.7 Å². The zero-order valence-corrected chi connectivity index (χ0v) is 12.2. The third-order valence-electron chi connectivity index (χ3n) is 2.65. The first-order valence-corrected chi connectivity index (χ1v) is 7.04. The molecule has 2 rings (SSSR count). The van der Waals surface area contributed by atoms with Crippen LogP contribution in [0.2, 0.25) is 0 Å². The van der Waals surface area contributed by atoms with Crippen LogP contribution in [0.1, 0.15) is 5.56 Å². The highest BCUT2D eigenvalue weighted by atomic mass is 32.2. The molecule has 0 fully saturated rings. The summed E-state index contributed by atoms with van der Waals surface area (Å²) in [5, 5.41) is 11.3. The number of ether oxygens (including phenoxy) is 1. The molecule has 0 saturated carbocycles. The van der Waals surface area contributed by atoms with Gasteiger partial charge in [0, 0.05) is 13.6 Å². The fourth-order valence-corrected chi connectivity index (χ4v) is 2.25. The minimum atomic E-state index is -0.0335. The van der Waals surface area contributed by atoms with Crippen LogP contribution < -0.4 is 10.1 Å². The van der Waals surface area contributed by atoms with Crippen molar-refractivity contribution in [3.8, 4) is 5.75 Å². The Kier molecular flexibility index (Phi) is 5.00. The molecule has 6 nitrogen and oxygen atoms in total. The van der Waals surface area contributed by atoms with Gasteiger partial charge in [0.05, 0.1) is 12.9 Å². The van der Waals surface area contributed by atoms with Crippen LogP contribution in [0, 0.1) is 0 Å². The minimum Gasteiger partial charge on any atom is -0.497 e. The van der Waals surface area contributed by atoms with Gasteiger partial charge in [0.25, 0.3) is 0 Å². The maximum atomic E-state index is 11.7. The van der Waals surface area contributed by atoms with Crippen LogP contribution in [-0.4, -0.2) is 33.5 Å². The molecule has 2 aromatic rings. The fourth-order valence-electron chi connectivity index (χ4n) is 1.53. The molecule has 0 bridgehead atoms. The van der Waals surface area contributed by atoms with Crippen LogP contribution in [0.25, 0.3) is 0 Å². The van der Waals surface area contributed by atoms with Gasteiger partial charge >= 0.3 is 0 Å². The number of aromatic nitrogens is 3. The molecular formula is C13H16N4O2S. The molecule has 0 saturated heterocycles. The summed E-state index contributed by atoms with van der Waals surface area (Å²) >= 11 is 1.36. The quantitative estimate of drug-likeness (QED) is 0.811. The number of nitrogens with one attached hydrogen (secondary N) is 1. The molecule has 0 aliphatic heterocycles.